The highest BCUT2D eigenvalue weighted by Gasteiger charge is 2.21. The lowest BCUT2D eigenvalue weighted by Crippen LogP contribution is -2.40. The molecule has 0 fully saturated rings. The molecule has 0 radical (unpaired) electrons. The lowest BCUT2D eigenvalue weighted by Gasteiger charge is -2.27. The SMILES string of the molecule is CCC(NCCN(CC)C(=O)OC(C)(C)C)c1ccc(F)cc1. The second-order valence-electron chi connectivity index (χ2n) is 6.53. The number of nitrogens with one attached hydrogen (secondary N) is 1. The molecular formula is C18H29FN2O2. The molecule has 1 atom stereocenters. The van der Waals surface area contributed by atoms with Gasteiger partial charge in [-0.1, -0.05) is 19.1 Å². The van der Waals surface area contributed by atoms with Crippen LogP contribution in [0, 0.1) is 5.82 Å². The molecule has 0 bridgehead atoms. The van der Waals surface area contributed by atoms with Crippen LogP contribution in [0.2, 0.25) is 0 Å². The van der Waals surface area contributed by atoms with Gasteiger partial charge in [-0.25, -0.2) is 9.18 Å². The Morgan fingerprint density at radius 1 is 1.26 bits per heavy atom. The number of ether oxygens (including phenoxy) is 1. The van der Waals surface area contributed by atoms with E-state index in [4.69, 9.17) is 4.74 Å². The van der Waals surface area contributed by atoms with Gasteiger partial charge < -0.3 is 15.0 Å². The van der Waals surface area contributed by atoms with E-state index in [1.807, 2.05) is 27.7 Å². The van der Waals surface area contributed by atoms with Crippen molar-refractivity contribution in [3.8, 4) is 0 Å². The van der Waals surface area contributed by atoms with Crippen LogP contribution >= 0.6 is 0 Å². The minimum atomic E-state index is -0.488. The number of amides is 1. The van der Waals surface area contributed by atoms with Crippen LogP contribution in [0.15, 0.2) is 24.3 Å². The summed E-state index contributed by atoms with van der Waals surface area (Å²) in [7, 11) is 0. The first kappa shape index (κ1) is 19.4. The van der Waals surface area contributed by atoms with E-state index >= 15 is 0 Å². The third kappa shape index (κ3) is 6.99. The molecule has 1 N–H and O–H groups in total. The zero-order valence-electron chi connectivity index (χ0n) is 14.9. The predicted octanol–water partition coefficient (Wildman–Crippen LogP) is 4.12. The van der Waals surface area contributed by atoms with Crippen molar-refractivity contribution in [2.24, 2.45) is 0 Å². The molecule has 130 valence electrons. The van der Waals surface area contributed by atoms with E-state index in [9.17, 15) is 9.18 Å². The van der Waals surface area contributed by atoms with Crippen LogP contribution in [0.25, 0.3) is 0 Å². The number of hydrogen-bond acceptors (Lipinski definition) is 3. The molecule has 0 spiro atoms. The molecule has 0 aliphatic carbocycles. The van der Waals surface area contributed by atoms with Crippen molar-refractivity contribution in [3.63, 3.8) is 0 Å². The summed E-state index contributed by atoms with van der Waals surface area (Å²) >= 11 is 0. The molecule has 0 aromatic heterocycles. The van der Waals surface area contributed by atoms with Crippen molar-refractivity contribution in [1.82, 2.24) is 10.2 Å². The molecule has 1 aromatic rings. The molecular weight excluding hydrogens is 295 g/mol. The zero-order chi connectivity index (χ0) is 17.5. The van der Waals surface area contributed by atoms with Crippen molar-refractivity contribution < 1.29 is 13.9 Å². The highest BCUT2D eigenvalue weighted by molar-refractivity contribution is 5.68. The van der Waals surface area contributed by atoms with Crippen molar-refractivity contribution in [2.75, 3.05) is 19.6 Å². The minimum Gasteiger partial charge on any atom is -0.444 e. The fraction of sp³-hybridized carbons (Fsp3) is 0.611. The molecule has 0 heterocycles. The first-order valence-electron chi connectivity index (χ1n) is 8.23. The molecule has 1 unspecified atom stereocenters. The summed E-state index contributed by atoms with van der Waals surface area (Å²) in [5.41, 5.74) is 0.562. The molecule has 0 aliphatic heterocycles. The molecule has 1 amide bonds. The monoisotopic (exact) mass is 324 g/mol. The molecule has 0 saturated carbocycles. The standard InChI is InChI=1S/C18H29FN2O2/c1-6-16(14-8-10-15(19)11-9-14)20-12-13-21(7-2)17(22)23-18(3,4)5/h8-11,16,20H,6-7,12-13H2,1-5H3. The van der Waals surface area contributed by atoms with Gasteiger partial charge >= 0.3 is 6.09 Å². The van der Waals surface area contributed by atoms with Crippen molar-refractivity contribution in [3.05, 3.63) is 35.6 Å². The van der Waals surface area contributed by atoms with Crippen LogP contribution < -0.4 is 5.32 Å². The van der Waals surface area contributed by atoms with E-state index in [1.165, 1.54) is 12.1 Å². The average molecular weight is 324 g/mol. The highest BCUT2D eigenvalue weighted by Crippen LogP contribution is 2.16. The van der Waals surface area contributed by atoms with Crippen LogP contribution in [-0.4, -0.2) is 36.2 Å². The Hall–Kier alpha value is -1.62. The first-order chi connectivity index (χ1) is 10.8. The van der Waals surface area contributed by atoms with Gasteiger partial charge in [0.05, 0.1) is 0 Å². The topological polar surface area (TPSA) is 41.6 Å². The lowest BCUT2D eigenvalue weighted by atomic mass is 10.0. The first-order valence-corrected chi connectivity index (χ1v) is 8.23. The van der Waals surface area contributed by atoms with Gasteiger partial charge in [-0.2, -0.15) is 0 Å². The normalized spacial score (nSPS) is 12.8. The predicted molar refractivity (Wildman–Crippen MR) is 90.9 cm³/mol. The summed E-state index contributed by atoms with van der Waals surface area (Å²) in [4.78, 5) is 13.8. The van der Waals surface area contributed by atoms with Crippen molar-refractivity contribution >= 4 is 6.09 Å². The molecule has 1 aromatic carbocycles. The molecule has 0 aliphatic rings. The molecule has 23 heavy (non-hydrogen) atoms. The summed E-state index contributed by atoms with van der Waals surface area (Å²) in [6.45, 7) is 11.4. The van der Waals surface area contributed by atoms with E-state index in [0.29, 0.717) is 19.6 Å². The Balaban J connectivity index is 2.51. The van der Waals surface area contributed by atoms with E-state index < -0.39 is 5.60 Å². The summed E-state index contributed by atoms with van der Waals surface area (Å²) in [6.07, 6.45) is 0.598. The van der Waals surface area contributed by atoms with E-state index in [2.05, 4.69) is 12.2 Å². The van der Waals surface area contributed by atoms with E-state index in [-0.39, 0.29) is 18.0 Å². The second-order valence-corrected chi connectivity index (χ2v) is 6.53. The van der Waals surface area contributed by atoms with Gasteiger partial charge in [0.25, 0.3) is 0 Å². The number of nitrogens with zero attached hydrogens (tertiary/aromatic N) is 1. The van der Waals surface area contributed by atoms with Gasteiger partial charge in [0.2, 0.25) is 0 Å². The maximum atomic E-state index is 13.0. The third-order valence-corrected chi connectivity index (χ3v) is 3.49. The maximum Gasteiger partial charge on any atom is 0.410 e. The number of carbonyl (C=O) groups excluding carboxylic acids is 1. The Morgan fingerprint density at radius 3 is 2.35 bits per heavy atom. The van der Waals surface area contributed by atoms with Crippen LogP contribution in [-0.2, 0) is 4.74 Å². The lowest BCUT2D eigenvalue weighted by molar-refractivity contribution is 0.0261. The molecule has 1 rings (SSSR count). The molecule has 4 nitrogen and oxygen atoms in total. The minimum absolute atomic E-state index is 0.146. The maximum absolute atomic E-state index is 13.0. The Bertz CT molecular complexity index is 483. The van der Waals surface area contributed by atoms with Crippen LogP contribution in [0.1, 0.15) is 52.6 Å². The molecule has 0 saturated heterocycles. The largest absolute Gasteiger partial charge is 0.444 e. The second kappa shape index (κ2) is 8.87. The van der Waals surface area contributed by atoms with Crippen LogP contribution in [0.3, 0.4) is 0 Å². The van der Waals surface area contributed by atoms with Gasteiger partial charge in [0.15, 0.2) is 0 Å². The zero-order valence-corrected chi connectivity index (χ0v) is 14.9. The Kier molecular flexibility index (Phi) is 7.49. The van der Waals surface area contributed by atoms with Gasteiger partial charge in [0, 0.05) is 25.7 Å². The van der Waals surface area contributed by atoms with Crippen molar-refractivity contribution in [2.45, 2.75) is 52.7 Å². The smallest absolute Gasteiger partial charge is 0.410 e. The number of hydrogen-bond donors (Lipinski definition) is 1. The fourth-order valence-corrected chi connectivity index (χ4v) is 2.27. The highest BCUT2D eigenvalue weighted by atomic mass is 19.1. The van der Waals surface area contributed by atoms with Crippen molar-refractivity contribution in [1.29, 1.82) is 0 Å². The van der Waals surface area contributed by atoms with Crippen LogP contribution in [0.4, 0.5) is 9.18 Å². The summed E-state index contributed by atoms with van der Waals surface area (Å²) in [5, 5.41) is 3.42. The van der Waals surface area contributed by atoms with Crippen LogP contribution in [0.5, 0.6) is 0 Å². The number of likely N-dealkylation sites (N-methyl/N-ethyl adjacent to an activating group) is 1. The van der Waals surface area contributed by atoms with Gasteiger partial charge in [-0.05, 0) is 51.8 Å². The Morgan fingerprint density at radius 2 is 1.87 bits per heavy atom. The average Bonchev–Trinajstić information content (AvgIpc) is 2.47. The number of carbonyl (C=O) groups is 1. The number of rotatable bonds is 7. The summed E-state index contributed by atoms with van der Waals surface area (Å²) in [5.74, 6) is -0.231. The summed E-state index contributed by atoms with van der Waals surface area (Å²) < 4.78 is 18.4. The molecule has 5 heteroatoms. The van der Waals surface area contributed by atoms with Gasteiger partial charge in [-0.3, -0.25) is 0 Å². The van der Waals surface area contributed by atoms with E-state index in [1.54, 1.807) is 17.0 Å². The summed E-state index contributed by atoms with van der Waals surface area (Å²) in [6, 6.07) is 6.68. The quantitative estimate of drug-likeness (QED) is 0.820. The third-order valence-electron chi connectivity index (χ3n) is 3.49. The number of halogens is 1. The van der Waals surface area contributed by atoms with Gasteiger partial charge in [0.1, 0.15) is 11.4 Å². The van der Waals surface area contributed by atoms with E-state index in [0.717, 1.165) is 12.0 Å². The fourth-order valence-electron chi connectivity index (χ4n) is 2.27. The Labute approximate surface area is 139 Å². The number of benzene rings is 1. The van der Waals surface area contributed by atoms with Gasteiger partial charge in [-0.15, -0.1) is 0 Å².